The summed E-state index contributed by atoms with van der Waals surface area (Å²) in [5.41, 5.74) is 2.45. The number of hydrogen-bond donors (Lipinski definition) is 1. The molecule has 6 rings (SSSR count). The number of fused-ring (bicyclic) bond motifs is 2. The number of ether oxygens (including phenoxy) is 2. The van der Waals surface area contributed by atoms with Gasteiger partial charge in [-0.05, 0) is 55.6 Å². The van der Waals surface area contributed by atoms with Gasteiger partial charge < -0.3 is 19.7 Å². The van der Waals surface area contributed by atoms with Crippen molar-refractivity contribution in [2.45, 2.75) is 68.7 Å². The molecule has 192 valence electrons. The predicted octanol–water partition coefficient (Wildman–Crippen LogP) is 4.26. The van der Waals surface area contributed by atoms with E-state index in [4.69, 9.17) is 9.47 Å². The summed E-state index contributed by atoms with van der Waals surface area (Å²) in [6.07, 6.45) is 9.58. The van der Waals surface area contributed by atoms with E-state index in [0.29, 0.717) is 30.4 Å². The molecular formula is C31H41N2O3+. The Morgan fingerprint density at radius 2 is 1.89 bits per heavy atom. The molecule has 5 nitrogen and oxygen atoms in total. The lowest BCUT2D eigenvalue weighted by molar-refractivity contribution is -0.640. The van der Waals surface area contributed by atoms with Crippen molar-refractivity contribution in [2.24, 2.45) is 11.8 Å². The van der Waals surface area contributed by atoms with E-state index in [1.165, 1.54) is 43.2 Å². The van der Waals surface area contributed by atoms with Crippen LogP contribution in [0.25, 0.3) is 0 Å². The number of hydrogen-bond acceptors (Lipinski definition) is 3. The second kappa shape index (κ2) is 10.1. The van der Waals surface area contributed by atoms with Crippen LogP contribution in [0.15, 0.2) is 48.5 Å². The summed E-state index contributed by atoms with van der Waals surface area (Å²) in [7, 11) is 1.70. The fourth-order valence-electron chi connectivity index (χ4n) is 7.94. The van der Waals surface area contributed by atoms with Gasteiger partial charge in [-0.1, -0.05) is 61.7 Å². The molecule has 0 aromatic heterocycles. The standard InChI is InChI=1S/C31H40N2O3/c1-35-28-14-8-13-25-29(28)36-18-16-31(25)21-32-20-26(31)30(34)33-17-15-24(22-9-4-2-5-10-22)19-27(33)23-11-6-3-7-12-23/h2,4-5,8-10,13-14,23-24,26-27,32H,3,6-7,11-12,15-21H2,1H3/p+1/t24-,26+,27+,31+/m1/s1. The average molecular weight is 490 g/mol. The van der Waals surface area contributed by atoms with Gasteiger partial charge in [0.05, 0.1) is 32.2 Å². The first-order chi connectivity index (χ1) is 17.7. The van der Waals surface area contributed by atoms with Gasteiger partial charge in [0.1, 0.15) is 5.92 Å². The molecule has 4 atom stereocenters. The zero-order chi connectivity index (χ0) is 24.5. The molecule has 5 heteroatoms. The third-order valence-corrected chi connectivity index (χ3v) is 9.80. The minimum Gasteiger partial charge on any atom is -0.493 e. The van der Waals surface area contributed by atoms with E-state index in [-0.39, 0.29) is 11.3 Å². The molecule has 2 saturated heterocycles. The highest BCUT2D eigenvalue weighted by atomic mass is 16.5. The number of amides is 1. The van der Waals surface area contributed by atoms with Crippen LogP contribution in [0.3, 0.4) is 0 Å². The largest absolute Gasteiger partial charge is 0.493 e. The monoisotopic (exact) mass is 489 g/mol. The van der Waals surface area contributed by atoms with Gasteiger partial charge in [-0.25, -0.2) is 0 Å². The van der Waals surface area contributed by atoms with Crippen molar-refractivity contribution in [1.29, 1.82) is 0 Å². The van der Waals surface area contributed by atoms with E-state index >= 15 is 0 Å². The highest BCUT2D eigenvalue weighted by Gasteiger charge is 2.56. The number of para-hydroxylation sites is 1. The van der Waals surface area contributed by atoms with Gasteiger partial charge in [0.2, 0.25) is 5.91 Å². The van der Waals surface area contributed by atoms with E-state index in [1.807, 2.05) is 6.07 Å². The highest BCUT2D eigenvalue weighted by Crippen LogP contribution is 2.49. The number of rotatable bonds is 4. The molecule has 2 aromatic rings. The minimum absolute atomic E-state index is 0.00776. The van der Waals surface area contributed by atoms with E-state index in [0.717, 1.165) is 50.4 Å². The topological polar surface area (TPSA) is 55.4 Å². The SMILES string of the molecule is COc1cccc2c1OCC[C@]21C[NH2+]C[C@H]1C(=O)N1CC[C@@H](c2ccccc2)C[C@H]1C1CCCCC1. The lowest BCUT2D eigenvalue weighted by Gasteiger charge is -2.47. The number of piperidine rings is 1. The summed E-state index contributed by atoms with van der Waals surface area (Å²) in [5, 5.41) is 2.36. The Morgan fingerprint density at radius 1 is 1.06 bits per heavy atom. The first-order valence-corrected chi connectivity index (χ1v) is 14.2. The van der Waals surface area contributed by atoms with Crippen LogP contribution in [0.2, 0.25) is 0 Å². The fraction of sp³-hybridized carbons (Fsp3) is 0.581. The van der Waals surface area contributed by atoms with Crippen molar-refractivity contribution in [1.82, 2.24) is 4.90 Å². The zero-order valence-electron chi connectivity index (χ0n) is 21.7. The Bertz CT molecular complexity index is 1070. The zero-order valence-corrected chi connectivity index (χ0v) is 21.7. The summed E-state index contributed by atoms with van der Waals surface area (Å²) < 4.78 is 11.8. The Balaban J connectivity index is 1.31. The molecule has 2 aromatic carbocycles. The summed E-state index contributed by atoms with van der Waals surface area (Å²) in [6.45, 7) is 3.34. The van der Waals surface area contributed by atoms with Crippen molar-refractivity contribution in [2.75, 3.05) is 33.4 Å². The second-order valence-electron chi connectivity index (χ2n) is 11.5. The van der Waals surface area contributed by atoms with Crippen LogP contribution in [0.1, 0.15) is 68.4 Å². The molecular weight excluding hydrogens is 448 g/mol. The normalized spacial score (nSPS) is 30.6. The molecule has 1 aliphatic carbocycles. The number of carbonyl (C=O) groups excluding carboxylic acids is 1. The first kappa shape index (κ1) is 23.8. The van der Waals surface area contributed by atoms with Crippen LogP contribution in [-0.2, 0) is 10.2 Å². The average Bonchev–Trinajstić information content (AvgIpc) is 3.37. The van der Waals surface area contributed by atoms with Gasteiger partial charge in [-0.3, -0.25) is 4.79 Å². The Morgan fingerprint density at radius 3 is 2.69 bits per heavy atom. The highest BCUT2D eigenvalue weighted by molar-refractivity contribution is 5.82. The smallest absolute Gasteiger partial charge is 0.232 e. The molecule has 0 bridgehead atoms. The van der Waals surface area contributed by atoms with Crippen LogP contribution < -0.4 is 14.8 Å². The van der Waals surface area contributed by atoms with Crippen LogP contribution in [0.4, 0.5) is 0 Å². The first-order valence-electron chi connectivity index (χ1n) is 14.2. The molecule has 1 spiro atoms. The van der Waals surface area contributed by atoms with Gasteiger partial charge in [-0.15, -0.1) is 0 Å². The number of methoxy groups -OCH3 is 1. The van der Waals surface area contributed by atoms with Crippen molar-refractivity contribution in [3.8, 4) is 11.5 Å². The van der Waals surface area contributed by atoms with Gasteiger partial charge >= 0.3 is 0 Å². The number of nitrogens with zero attached hydrogens (tertiary/aromatic N) is 1. The minimum atomic E-state index is -0.174. The Kier molecular flexibility index (Phi) is 6.68. The van der Waals surface area contributed by atoms with Crippen LogP contribution in [-0.4, -0.2) is 50.2 Å². The van der Waals surface area contributed by atoms with Crippen molar-refractivity contribution < 1.29 is 19.6 Å². The van der Waals surface area contributed by atoms with Gasteiger partial charge in [-0.2, -0.15) is 0 Å². The molecule has 0 unspecified atom stereocenters. The number of quaternary nitrogens is 1. The van der Waals surface area contributed by atoms with Crippen LogP contribution in [0, 0.1) is 11.8 Å². The maximum Gasteiger partial charge on any atom is 0.232 e. The van der Waals surface area contributed by atoms with Crippen LogP contribution in [0.5, 0.6) is 11.5 Å². The van der Waals surface area contributed by atoms with Crippen molar-refractivity contribution in [3.63, 3.8) is 0 Å². The third kappa shape index (κ3) is 4.09. The summed E-state index contributed by atoms with van der Waals surface area (Å²) in [5.74, 6) is 3.21. The van der Waals surface area contributed by atoms with E-state index in [1.54, 1.807) is 7.11 Å². The molecule has 3 heterocycles. The molecule has 2 N–H and O–H groups in total. The van der Waals surface area contributed by atoms with Gasteiger partial charge in [0.15, 0.2) is 11.5 Å². The molecule has 3 aliphatic heterocycles. The lowest BCUT2D eigenvalue weighted by Crippen LogP contribution is -2.82. The molecule has 4 aliphatic rings. The molecule has 3 fully saturated rings. The molecule has 36 heavy (non-hydrogen) atoms. The second-order valence-corrected chi connectivity index (χ2v) is 11.5. The van der Waals surface area contributed by atoms with Gasteiger partial charge in [0, 0.05) is 18.2 Å². The molecule has 1 saturated carbocycles. The predicted molar refractivity (Wildman–Crippen MR) is 140 cm³/mol. The number of nitrogens with two attached hydrogens (primary N) is 1. The summed E-state index contributed by atoms with van der Waals surface area (Å²) in [6, 6.07) is 17.6. The van der Waals surface area contributed by atoms with Crippen molar-refractivity contribution >= 4 is 5.91 Å². The molecule has 0 radical (unpaired) electrons. The maximum atomic E-state index is 14.6. The number of likely N-dealkylation sites (tertiary alicyclic amines) is 1. The Labute approximate surface area is 215 Å². The van der Waals surface area contributed by atoms with E-state index in [2.05, 4.69) is 52.7 Å². The summed E-state index contributed by atoms with van der Waals surface area (Å²) >= 11 is 0. The van der Waals surface area contributed by atoms with Crippen LogP contribution >= 0.6 is 0 Å². The van der Waals surface area contributed by atoms with Crippen molar-refractivity contribution in [3.05, 3.63) is 59.7 Å². The number of carbonyl (C=O) groups is 1. The quantitative estimate of drug-likeness (QED) is 0.698. The van der Waals surface area contributed by atoms with Gasteiger partial charge in [0.25, 0.3) is 0 Å². The number of benzene rings is 2. The summed E-state index contributed by atoms with van der Waals surface area (Å²) in [4.78, 5) is 16.9. The Hall–Kier alpha value is -2.53. The molecule has 1 amide bonds. The van der Waals surface area contributed by atoms with E-state index in [9.17, 15) is 4.79 Å². The third-order valence-electron chi connectivity index (χ3n) is 9.80. The maximum absolute atomic E-state index is 14.6. The van der Waals surface area contributed by atoms with E-state index < -0.39 is 0 Å². The fourth-order valence-corrected chi connectivity index (χ4v) is 7.94. The lowest BCUT2D eigenvalue weighted by atomic mass is 9.67.